The Labute approximate surface area is 257 Å². The molecule has 3 aromatic carbocycles. The van der Waals surface area contributed by atoms with Gasteiger partial charge in [-0.15, -0.1) is 12.4 Å². The Hall–Kier alpha value is -3.23. The normalized spacial score (nSPS) is 24.3. The smallest absolute Gasteiger partial charge is 0.134 e. The lowest BCUT2D eigenvalue weighted by atomic mass is 9.75. The van der Waals surface area contributed by atoms with Gasteiger partial charge in [0.1, 0.15) is 22.8 Å². The van der Waals surface area contributed by atoms with Crippen molar-refractivity contribution in [1.82, 2.24) is 10.2 Å². The Balaban J connectivity index is 0.000000179. The third-order valence-electron chi connectivity index (χ3n) is 9.20. The molecule has 0 bridgehead atoms. The third kappa shape index (κ3) is 6.22. The lowest BCUT2D eigenvalue weighted by Gasteiger charge is -2.44. The van der Waals surface area contributed by atoms with Crippen LogP contribution >= 0.6 is 12.4 Å². The molecule has 228 valence electrons. The van der Waals surface area contributed by atoms with Crippen molar-refractivity contribution in [1.29, 1.82) is 0 Å². The fourth-order valence-electron chi connectivity index (χ4n) is 6.88. The first-order valence-corrected chi connectivity index (χ1v) is 14.9. The molecule has 0 amide bonds. The van der Waals surface area contributed by atoms with E-state index in [9.17, 15) is 13.9 Å². The third-order valence-corrected chi connectivity index (χ3v) is 9.20. The summed E-state index contributed by atoms with van der Waals surface area (Å²) in [5.41, 5.74) is 2.69. The molecule has 4 atom stereocenters. The second-order valence-electron chi connectivity index (χ2n) is 11.9. The van der Waals surface area contributed by atoms with Crippen LogP contribution in [0.1, 0.15) is 49.3 Å². The fourth-order valence-corrected chi connectivity index (χ4v) is 6.88. The van der Waals surface area contributed by atoms with Gasteiger partial charge in [0, 0.05) is 47.5 Å². The van der Waals surface area contributed by atoms with Gasteiger partial charge in [-0.25, -0.2) is 8.78 Å². The van der Waals surface area contributed by atoms with Crippen LogP contribution in [-0.2, 0) is 12.1 Å². The zero-order valence-electron chi connectivity index (χ0n) is 24.6. The van der Waals surface area contributed by atoms with Crippen LogP contribution < -0.4 is 5.32 Å². The molecule has 0 radical (unpaired) electrons. The van der Waals surface area contributed by atoms with E-state index in [1.807, 2.05) is 31.2 Å². The quantitative estimate of drug-likeness (QED) is 0.216. The monoisotopic (exact) mass is 608 g/mol. The highest BCUT2D eigenvalue weighted by Crippen LogP contribution is 2.42. The van der Waals surface area contributed by atoms with Gasteiger partial charge in [0.2, 0.25) is 0 Å². The number of fused-ring (bicyclic) bond motifs is 2. The minimum atomic E-state index is -1.18. The van der Waals surface area contributed by atoms with Crippen molar-refractivity contribution in [2.75, 3.05) is 26.2 Å². The van der Waals surface area contributed by atoms with E-state index in [1.165, 1.54) is 17.7 Å². The zero-order chi connectivity index (χ0) is 29.3. The van der Waals surface area contributed by atoms with E-state index in [1.54, 1.807) is 30.7 Å². The van der Waals surface area contributed by atoms with Crippen molar-refractivity contribution in [2.45, 2.75) is 44.8 Å². The van der Waals surface area contributed by atoms with Crippen molar-refractivity contribution in [2.24, 2.45) is 11.8 Å². The average molecular weight is 609 g/mol. The highest BCUT2D eigenvalue weighted by atomic mass is 35.5. The predicted octanol–water partition coefficient (Wildman–Crippen LogP) is 8.01. The summed E-state index contributed by atoms with van der Waals surface area (Å²) in [5.74, 6) is 0.202. The molecule has 2 aliphatic heterocycles. The first-order chi connectivity index (χ1) is 20.3. The van der Waals surface area contributed by atoms with Gasteiger partial charge in [0.15, 0.2) is 0 Å². The Morgan fingerprint density at radius 3 is 2.28 bits per heavy atom. The van der Waals surface area contributed by atoms with E-state index in [0.29, 0.717) is 28.9 Å². The second-order valence-corrected chi connectivity index (χ2v) is 11.9. The van der Waals surface area contributed by atoms with Gasteiger partial charge in [-0.05, 0) is 79.7 Å². The number of hydrogen-bond donors (Lipinski definition) is 2. The molecule has 5 nitrogen and oxygen atoms in total. The van der Waals surface area contributed by atoms with Gasteiger partial charge in [-0.3, -0.25) is 4.90 Å². The van der Waals surface area contributed by atoms with E-state index in [0.717, 1.165) is 55.7 Å². The predicted molar refractivity (Wildman–Crippen MR) is 168 cm³/mol. The van der Waals surface area contributed by atoms with Crippen LogP contribution in [0, 0.1) is 23.5 Å². The van der Waals surface area contributed by atoms with Gasteiger partial charge < -0.3 is 19.3 Å². The van der Waals surface area contributed by atoms with Gasteiger partial charge in [-0.2, -0.15) is 0 Å². The van der Waals surface area contributed by atoms with Crippen LogP contribution in [0.4, 0.5) is 8.78 Å². The van der Waals surface area contributed by atoms with Crippen molar-refractivity contribution < 1.29 is 22.7 Å². The first-order valence-electron chi connectivity index (χ1n) is 14.9. The van der Waals surface area contributed by atoms with Gasteiger partial charge in [0.25, 0.3) is 0 Å². The maximum absolute atomic E-state index is 14.6. The standard InChI is InChI=1S/C21H22FNO2.C14H16FNO.ClH/c1-15-13-23(14-16-5-3-2-4-6-16)11-10-21(15,24)20-17-9-12-25-19(17)8-7-18(20)22;1-9-8-16-6-4-10(9)14-11-5-7-17-13(11)3-2-12(14)15;/h2-9,12,15,24H,10-11,13-14H2,1H3;2-3,5,7,9-10,16H,4,6,8H2,1H3;1H/t;9-,10+;/m.1./s1. The number of nitrogens with zero attached hydrogens (tertiary/aromatic N) is 1. The minimum absolute atomic E-state index is 0. The van der Waals surface area contributed by atoms with Gasteiger partial charge in [-0.1, -0.05) is 44.2 Å². The SMILES string of the molecule is CC1CN(Cc2ccccc2)CCC1(O)c1c(F)ccc2occc12.C[C@@H]1CNCC[C@@H]1c1c(F)ccc2occc12.Cl. The van der Waals surface area contributed by atoms with Crippen molar-refractivity contribution in [3.8, 4) is 0 Å². The summed E-state index contributed by atoms with van der Waals surface area (Å²) in [7, 11) is 0. The Kier molecular flexibility index (Phi) is 9.57. The van der Waals surface area contributed by atoms with Crippen LogP contribution in [0.3, 0.4) is 0 Å². The van der Waals surface area contributed by atoms with Crippen LogP contribution in [-0.4, -0.2) is 36.2 Å². The molecule has 7 rings (SSSR count). The Morgan fingerprint density at radius 1 is 0.907 bits per heavy atom. The molecule has 43 heavy (non-hydrogen) atoms. The summed E-state index contributed by atoms with van der Waals surface area (Å²) in [6.45, 7) is 8.38. The number of benzene rings is 3. The maximum Gasteiger partial charge on any atom is 0.134 e. The number of halogens is 3. The van der Waals surface area contributed by atoms with Crippen molar-refractivity contribution in [3.05, 3.63) is 108 Å². The largest absolute Gasteiger partial charge is 0.464 e. The minimum Gasteiger partial charge on any atom is -0.464 e. The van der Waals surface area contributed by atoms with Crippen LogP contribution in [0.2, 0.25) is 0 Å². The Morgan fingerprint density at radius 2 is 1.58 bits per heavy atom. The Bertz CT molecular complexity index is 1660. The summed E-state index contributed by atoms with van der Waals surface area (Å²) >= 11 is 0. The molecular formula is C35H39ClF2N2O3. The summed E-state index contributed by atoms with van der Waals surface area (Å²) in [4.78, 5) is 2.32. The summed E-state index contributed by atoms with van der Waals surface area (Å²) in [5, 5.41) is 16.3. The number of piperidine rings is 2. The molecule has 2 fully saturated rings. The fraction of sp³-hybridized carbons (Fsp3) is 0.371. The topological polar surface area (TPSA) is 61.8 Å². The molecule has 0 saturated carbocycles. The van der Waals surface area contributed by atoms with E-state index < -0.39 is 5.60 Å². The molecule has 2 saturated heterocycles. The summed E-state index contributed by atoms with van der Waals surface area (Å²) in [6, 6.07) is 20.2. The molecular weight excluding hydrogens is 570 g/mol. The van der Waals surface area contributed by atoms with E-state index in [2.05, 4.69) is 29.3 Å². The molecule has 0 aliphatic carbocycles. The lowest BCUT2D eigenvalue weighted by molar-refractivity contribution is -0.0739. The van der Waals surface area contributed by atoms with Crippen LogP contribution in [0.15, 0.2) is 88.1 Å². The number of aliphatic hydroxyl groups is 1. The second kappa shape index (κ2) is 13.2. The molecule has 2 unspecified atom stereocenters. The number of rotatable bonds is 4. The number of nitrogens with one attached hydrogen (secondary N) is 1. The number of likely N-dealkylation sites (tertiary alicyclic amines) is 1. The van der Waals surface area contributed by atoms with E-state index in [-0.39, 0.29) is 35.9 Å². The van der Waals surface area contributed by atoms with Crippen molar-refractivity contribution >= 4 is 34.3 Å². The summed E-state index contributed by atoms with van der Waals surface area (Å²) < 4.78 is 39.5. The summed E-state index contributed by atoms with van der Waals surface area (Å²) in [6.07, 6.45) is 4.68. The van der Waals surface area contributed by atoms with E-state index >= 15 is 0 Å². The number of hydrogen-bond acceptors (Lipinski definition) is 5. The van der Waals surface area contributed by atoms with Crippen LogP contribution in [0.25, 0.3) is 21.9 Å². The van der Waals surface area contributed by atoms with Gasteiger partial charge in [0.05, 0.1) is 18.1 Å². The molecule has 0 spiro atoms. The molecule has 2 N–H and O–H groups in total. The molecule has 8 heteroatoms. The van der Waals surface area contributed by atoms with Crippen molar-refractivity contribution in [3.63, 3.8) is 0 Å². The number of furan rings is 2. The van der Waals surface area contributed by atoms with E-state index in [4.69, 9.17) is 8.83 Å². The molecule has 2 aliphatic rings. The maximum atomic E-state index is 14.6. The average Bonchev–Trinajstić information content (AvgIpc) is 3.66. The van der Waals surface area contributed by atoms with Crippen LogP contribution in [0.5, 0.6) is 0 Å². The van der Waals surface area contributed by atoms with Gasteiger partial charge >= 0.3 is 0 Å². The molecule has 2 aromatic heterocycles. The molecule has 5 aromatic rings. The highest BCUT2D eigenvalue weighted by molar-refractivity contribution is 5.85. The molecule has 4 heterocycles. The first kappa shape index (κ1) is 31.2. The lowest BCUT2D eigenvalue weighted by Crippen LogP contribution is -2.49. The highest BCUT2D eigenvalue weighted by Gasteiger charge is 2.43. The zero-order valence-corrected chi connectivity index (χ0v) is 25.4.